The molecule has 0 saturated carbocycles. The Hall–Kier alpha value is -2.27. The van der Waals surface area contributed by atoms with Crippen LogP contribution >= 0.6 is 24.0 Å². The van der Waals surface area contributed by atoms with Crippen molar-refractivity contribution >= 4 is 41.8 Å². The third kappa shape index (κ3) is 5.38. The minimum absolute atomic E-state index is 0. The number of imidazole rings is 1. The van der Waals surface area contributed by atoms with E-state index in [0.717, 1.165) is 48.9 Å². The number of anilines is 1. The number of benzene rings is 2. The Morgan fingerprint density at radius 1 is 1.00 bits per heavy atom. The van der Waals surface area contributed by atoms with Crippen LogP contribution in [0.25, 0.3) is 12.2 Å². The third-order valence-corrected chi connectivity index (χ3v) is 4.97. The van der Waals surface area contributed by atoms with E-state index >= 15 is 0 Å². The Morgan fingerprint density at radius 3 is 2.46 bits per heavy atom. The van der Waals surface area contributed by atoms with Gasteiger partial charge >= 0.3 is 0 Å². The predicted octanol–water partition coefficient (Wildman–Crippen LogP) is 4.59. The molecule has 146 valence electrons. The molecule has 2 aromatic carbocycles. The summed E-state index contributed by atoms with van der Waals surface area (Å²) in [6.07, 6.45) is 9.81. The molecule has 1 fully saturated rings. The Labute approximate surface area is 177 Å². The van der Waals surface area contributed by atoms with Gasteiger partial charge in [-0.05, 0) is 47.0 Å². The van der Waals surface area contributed by atoms with E-state index in [1.165, 1.54) is 11.3 Å². The largest absolute Gasteiger partial charge is 0.369 e. The van der Waals surface area contributed by atoms with Gasteiger partial charge in [-0.15, -0.1) is 12.4 Å². The molecule has 0 atom stereocenters. The first-order valence-electron chi connectivity index (χ1n) is 9.25. The molecule has 1 saturated heterocycles. The van der Waals surface area contributed by atoms with Crippen LogP contribution in [0.5, 0.6) is 0 Å². The molecule has 4 nitrogen and oxygen atoms in total. The van der Waals surface area contributed by atoms with E-state index in [-0.39, 0.29) is 12.4 Å². The first kappa shape index (κ1) is 20.5. The SMILES string of the molecule is Cl.Clc1cc(/C=C/c2ccc(N3CCNCC3)cc2)cc(Cn2ccnc2)c1. The molecular weight excluding hydrogens is 391 g/mol. The van der Waals surface area contributed by atoms with E-state index in [0.29, 0.717) is 0 Å². The summed E-state index contributed by atoms with van der Waals surface area (Å²) in [7, 11) is 0. The van der Waals surface area contributed by atoms with Crippen LogP contribution in [0, 0.1) is 0 Å². The third-order valence-electron chi connectivity index (χ3n) is 4.75. The fraction of sp³-hybridized carbons (Fsp3) is 0.227. The Bertz CT molecular complexity index is 899. The molecule has 2 heterocycles. The highest BCUT2D eigenvalue weighted by molar-refractivity contribution is 6.30. The lowest BCUT2D eigenvalue weighted by Crippen LogP contribution is -2.43. The summed E-state index contributed by atoms with van der Waals surface area (Å²) in [6.45, 7) is 5.01. The summed E-state index contributed by atoms with van der Waals surface area (Å²) < 4.78 is 2.04. The van der Waals surface area contributed by atoms with Crippen molar-refractivity contribution < 1.29 is 0 Å². The van der Waals surface area contributed by atoms with E-state index < -0.39 is 0 Å². The molecule has 3 aromatic rings. The van der Waals surface area contributed by atoms with Gasteiger partial charge in [0.25, 0.3) is 0 Å². The van der Waals surface area contributed by atoms with Crippen LogP contribution in [0.2, 0.25) is 5.02 Å². The summed E-state index contributed by atoms with van der Waals surface area (Å²) in [4.78, 5) is 6.51. The number of nitrogens with one attached hydrogen (secondary N) is 1. The van der Waals surface area contributed by atoms with Gasteiger partial charge in [0.2, 0.25) is 0 Å². The van der Waals surface area contributed by atoms with Gasteiger partial charge in [-0.1, -0.05) is 35.9 Å². The number of piperazine rings is 1. The highest BCUT2D eigenvalue weighted by atomic mass is 35.5. The van der Waals surface area contributed by atoms with Crippen molar-refractivity contribution in [2.75, 3.05) is 31.1 Å². The summed E-state index contributed by atoms with van der Waals surface area (Å²) in [5.41, 5.74) is 4.74. The molecule has 4 rings (SSSR count). The van der Waals surface area contributed by atoms with Crippen LogP contribution in [0.3, 0.4) is 0 Å². The van der Waals surface area contributed by atoms with Crippen LogP contribution in [0.15, 0.2) is 61.2 Å². The molecule has 0 radical (unpaired) electrons. The molecule has 0 amide bonds. The van der Waals surface area contributed by atoms with E-state index in [1.54, 1.807) is 6.20 Å². The van der Waals surface area contributed by atoms with Crippen LogP contribution in [0.1, 0.15) is 16.7 Å². The van der Waals surface area contributed by atoms with Crippen molar-refractivity contribution in [2.45, 2.75) is 6.54 Å². The maximum atomic E-state index is 6.31. The Morgan fingerprint density at radius 2 is 1.75 bits per heavy atom. The fourth-order valence-electron chi connectivity index (χ4n) is 3.37. The lowest BCUT2D eigenvalue weighted by atomic mass is 10.1. The van der Waals surface area contributed by atoms with Crippen molar-refractivity contribution in [1.29, 1.82) is 0 Å². The standard InChI is InChI=1S/C22H23ClN4.ClH/c23-21-14-19(13-20(15-21)16-26-10-7-25-17-26)2-1-18-3-5-22(6-4-18)27-11-8-24-9-12-27;/h1-7,10,13-15,17,24H,8-9,11-12,16H2;1H/b2-1+;. The summed E-state index contributed by atoms with van der Waals surface area (Å²) in [5.74, 6) is 0. The van der Waals surface area contributed by atoms with Crippen molar-refractivity contribution in [2.24, 2.45) is 0 Å². The second-order valence-electron chi connectivity index (χ2n) is 6.79. The second-order valence-corrected chi connectivity index (χ2v) is 7.23. The molecule has 0 aliphatic carbocycles. The lowest BCUT2D eigenvalue weighted by Gasteiger charge is -2.29. The van der Waals surface area contributed by atoms with Gasteiger partial charge in [0.05, 0.1) is 6.33 Å². The molecular formula is C22H24Cl2N4. The fourth-order valence-corrected chi connectivity index (χ4v) is 3.63. The normalized spacial score (nSPS) is 14.2. The minimum atomic E-state index is 0. The summed E-state index contributed by atoms with van der Waals surface area (Å²) >= 11 is 6.31. The molecule has 1 aromatic heterocycles. The molecule has 0 unspecified atom stereocenters. The number of hydrogen-bond acceptors (Lipinski definition) is 3. The highest BCUT2D eigenvalue weighted by Crippen LogP contribution is 2.20. The monoisotopic (exact) mass is 414 g/mol. The van der Waals surface area contributed by atoms with Crippen molar-refractivity contribution in [3.8, 4) is 0 Å². The van der Waals surface area contributed by atoms with Gasteiger partial charge in [-0.2, -0.15) is 0 Å². The van der Waals surface area contributed by atoms with Gasteiger partial charge in [-0.25, -0.2) is 4.98 Å². The first-order valence-corrected chi connectivity index (χ1v) is 9.63. The maximum absolute atomic E-state index is 6.31. The van der Waals surface area contributed by atoms with E-state index in [2.05, 4.69) is 57.7 Å². The lowest BCUT2D eigenvalue weighted by molar-refractivity contribution is 0.589. The van der Waals surface area contributed by atoms with Crippen molar-refractivity contribution in [3.05, 3.63) is 82.9 Å². The zero-order chi connectivity index (χ0) is 18.5. The minimum Gasteiger partial charge on any atom is -0.369 e. The van der Waals surface area contributed by atoms with Gasteiger partial charge in [-0.3, -0.25) is 0 Å². The smallest absolute Gasteiger partial charge is 0.0949 e. The molecule has 6 heteroatoms. The molecule has 28 heavy (non-hydrogen) atoms. The average Bonchev–Trinajstić information content (AvgIpc) is 3.20. The number of rotatable bonds is 5. The van der Waals surface area contributed by atoms with Crippen LogP contribution in [-0.4, -0.2) is 35.7 Å². The summed E-state index contributed by atoms with van der Waals surface area (Å²) in [6, 6.07) is 14.9. The number of halogens is 2. The molecule has 1 aliphatic rings. The predicted molar refractivity (Wildman–Crippen MR) is 120 cm³/mol. The number of hydrogen-bond donors (Lipinski definition) is 1. The van der Waals surface area contributed by atoms with Crippen LogP contribution in [0.4, 0.5) is 5.69 Å². The average molecular weight is 415 g/mol. The first-order chi connectivity index (χ1) is 13.3. The van der Waals surface area contributed by atoms with Crippen molar-refractivity contribution in [1.82, 2.24) is 14.9 Å². The van der Waals surface area contributed by atoms with Gasteiger partial charge in [0.1, 0.15) is 0 Å². The Kier molecular flexibility index (Phi) is 7.15. The van der Waals surface area contributed by atoms with Gasteiger partial charge < -0.3 is 14.8 Å². The van der Waals surface area contributed by atoms with E-state index in [4.69, 9.17) is 11.6 Å². The zero-order valence-electron chi connectivity index (χ0n) is 15.6. The van der Waals surface area contributed by atoms with Crippen LogP contribution in [-0.2, 0) is 6.54 Å². The van der Waals surface area contributed by atoms with Crippen LogP contribution < -0.4 is 10.2 Å². The summed E-state index contributed by atoms with van der Waals surface area (Å²) in [5, 5.41) is 4.14. The van der Waals surface area contributed by atoms with Gasteiger partial charge in [0.15, 0.2) is 0 Å². The second kappa shape index (κ2) is 9.78. The number of nitrogens with zero attached hydrogens (tertiary/aromatic N) is 3. The van der Waals surface area contributed by atoms with Gasteiger partial charge in [0, 0.05) is 55.8 Å². The molecule has 0 spiro atoms. The van der Waals surface area contributed by atoms with E-state index in [9.17, 15) is 0 Å². The quantitative estimate of drug-likeness (QED) is 0.619. The maximum Gasteiger partial charge on any atom is 0.0949 e. The molecule has 1 aliphatic heterocycles. The highest BCUT2D eigenvalue weighted by Gasteiger charge is 2.09. The topological polar surface area (TPSA) is 33.1 Å². The zero-order valence-corrected chi connectivity index (χ0v) is 17.2. The molecule has 1 N–H and O–H groups in total. The Balaban J connectivity index is 0.00000225. The van der Waals surface area contributed by atoms with Crippen molar-refractivity contribution in [3.63, 3.8) is 0 Å². The van der Waals surface area contributed by atoms with E-state index in [1.807, 2.05) is 29.2 Å². The number of aromatic nitrogens is 2. The molecule has 0 bridgehead atoms.